The summed E-state index contributed by atoms with van der Waals surface area (Å²) in [6, 6.07) is 56.1. The molecule has 2 nitrogen and oxygen atoms in total. The zero-order valence-electron chi connectivity index (χ0n) is 39.6. The van der Waals surface area contributed by atoms with Gasteiger partial charge in [0.15, 0.2) is 0 Å². The van der Waals surface area contributed by atoms with Crippen molar-refractivity contribution in [3.63, 3.8) is 0 Å². The van der Waals surface area contributed by atoms with Gasteiger partial charge in [0.25, 0.3) is 0 Å². The van der Waals surface area contributed by atoms with Gasteiger partial charge < -0.3 is 23.7 Å². The molecular weight excluding hydrogens is 943 g/mol. The summed E-state index contributed by atoms with van der Waals surface area (Å²) in [5, 5.41) is 5.10. The summed E-state index contributed by atoms with van der Waals surface area (Å²) in [4.78, 5) is 0. The van der Waals surface area contributed by atoms with E-state index in [2.05, 4.69) is 184 Å². The fourth-order valence-corrected chi connectivity index (χ4v) is 8.97. The molecule has 0 aliphatic carbocycles. The van der Waals surface area contributed by atoms with E-state index in [9.17, 15) is 0 Å². The van der Waals surface area contributed by atoms with Gasteiger partial charge in [-0.2, -0.15) is 0 Å². The molecule has 0 saturated heterocycles. The molecule has 2 aromatic heterocycles. The molecule has 66 heavy (non-hydrogen) atoms. The van der Waals surface area contributed by atoms with E-state index in [4.69, 9.17) is 8.83 Å². The summed E-state index contributed by atoms with van der Waals surface area (Å²) in [5.41, 5.74) is 20.2. The number of hydrogen-bond donors (Lipinski definition) is 0. The van der Waals surface area contributed by atoms with E-state index >= 15 is 0 Å². The van der Waals surface area contributed by atoms with Gasteiger partial charge in [0.2, 0.25) is 0 Å². The summed E-state index contributed by atoms with van der Waals surface area (Å²) >= 11 is 1.36. The van der Waals surface area contributed by atoms with Crippen LogP contribution in [0.1, 0.15) is 44.5 Å². The second-order valence-electron chi connectivity index (χ2n) is 16.7. The van der Waals surface area contributed by atoms with Crippen LogP contribution in [0.3, 0.4) is 0 Å². The number of benzene rings is 6. The minimum atomic E-state index is 0. The van der Waals surface area contributed by atoms with Crippen LogP contribution in [0.5, 0.6) is 0 Å². The van der Waals surface area contributed by atoms with Crippen LogP contribution in [0, 0.1) is 70.2 Å². The SMILES string of the molecule is Cc1cc(C)cc(-c2c(C)c(C)cc3[cH-]c(-c4ccc(-c5ccccc5)o4)cc23)c1.Cc1cc(C)cc(-c2c(C)c(C)cc3[cH-]c(-c4ccc(-c5ccccc5)o4)cc23)c1.Cl.Cl.[CH3-].[CH3-].[Si]=[Zr]. The fourth-order valence-electron chi connectivity index (χ4n) is 8.97. The van der Waals surface area contributed by atoms with Gasteiger partial charge in [-0.25, -0.2) is 0 Å². The van der Waals surface area contributed by atoms with E-state index in [1.807, 2.05) is 36.4 Å². The maximum absolute atomic E-state index is 6.23. The molecule has 0 spiro atoms. The Kier molecular flexibility index (Phi) is 18.6. The third-order valence-corrected chi connectivity index (χ3v) is 12.0. The van der Waals surface area contributed by atoms with Gasteiger partial charge in [-0.1, -0.05) is 153 Å². The summed E-state index contributed by atoms with van der Waals surface area (Å²) in [7, 11) is 0. The average Bonchev–Trinajstić information content (AvgIpc) is 4.10. The van der Waals surface area contributed by atoms with E-state index in [1.165, 1.54) is 112 Å². The molecule has 0 N–H and O–H groups in total. The van der Waals surface area contributed by atoms with Crippen molar-refractivity contribution in [1.82, 2.24) is 0 Å². The van der Waals surface area contributed by atoms with Crippen LogP contribution in [0.2, 0.25) is 0 Å². The molecule has 0 unspecified atom stereocenters. The fraction of sp³-hybridized carbons (Fsp3) is 0.133. The Hall–Kier alpha value is -5.22. The first-order valence-corrected chi connectivity index (χ1v) is 25.3. The van der Waals surface area contributed by atoms with E-state index in [1.54, 1.807) is 0 Å². The Morgan fingerprint density at radius 1 is 0.379 bits per heavy atom. The van der Waals surface area contributed by atoms with Crippen LogP contribution in [0.4, 0.5) is 0 Å². The van der Waals surface area contributed by atoms with Gasteiger partial charge in [0.1, 0.15) is 11.5 Å². The van der Waals surface area contributed by atoms with Crippen LogP contribution in [-0.4, -0.2) is 6.88 Å². The number of furan rings is 2. The van der Waals surface area contributed by atoms with Crippen molar-refractivity contribution < 1.29 is 32.2 Å². The van der Waals surface area contributed by atoms with Crippen molar-refractivity contribution in [3.05, 3.63) is 217 Å². The van der Waals surface area contributed by atoms with E-state index in [0.717, 1.165) is 45.3 Å². The van der Waals surface area contributed by atoms with Gasteiger partial charge >= 0.3 is 30.2 Å². The molecule has 0 atom stereocenters. The molecule has 2 heterocycles. The van der Waals surface area contributed by atoms with Gasteiger partial charge in [-0.3, -0.25) is 0 Å². The Labute approximate surface area is 422 Å². The van der Waals surface area contributed by atoms with Crippen molar-refractivity contribution >= 4 is 53.2 Å². The normalized spacial score (nSPS) is 10.3. The average molecular weight is 1000 g/mol. The first kappa shape index (κ1) is 53.4. The molecule has 10 aromatic rings. The Morgan fingerprint density at radius 3 is 1.03 bits per heavy atom. The Balaban J connectivity index is 0.000000263. The molecule has 0 aliphatic rings. The number of aryl methyl sites for hydroxylation is 6. The van der Waals surface area contributed by atoms with Crippen molar-refractivity contribution in [2.24, 2.45) is 0 Å². The molecule has 6 heteroatoms. The zero-order valence-corrected chi connectivity index (χ0v) is 44.7. The predicted octanol–water partition coefficient (Wildman–Crippen LogP) is 18.1. The van der Waals surface area contributed by atoms with Gasteiger partial charge in [0.05, 0.1) is 11.5 Å². The Bertz CT molecular complexity index is 2950. The van der Waals surface area contributed by atoms with Crippen LogP contribution in [0.25, 0.3) is 89.1 Å². The summed E-state index contributed by atoms with van der Waals surface area (Å²) < 4.78 is 12.5. The molecular formula is C60H58Cl2O2SiZr-4. The van der Waals surface area contributed by atoms with Gasteiger partial charge in [-0.15, -0.1) is 82.8 Å². The quantitative estimate of drug-likeness (QED) is 0.123. The minimum absolute atomic E-state index is 0. The van der Waals surface area contributed by atoms with Gasteiger partial charge in [-0.05, 0) is 102 Å². The summed E-state index contributed by atoms with van der Waals surface area (Å²) in [6.45, 7) is 20.6. The van der Waals surface area contributed by atoms with Crippen LogP contribution < -0.4 is 0 Å². The van der Waals surface area contributed by atoms with Crippen molar-refractivity contribution in [3.8, 4) is 67.5 Å². The molecule has 10 rings (SSSR count). The monoisotopic (exact) mass is 998 g/mol. The maximum atomic E-state index is 6.23. The third kappa shape index (κ3) is 11.1. The first-order valence-electron chi connectivity index (χ1n) is 21.1. The number of hydrogen-bond acceptors (Lipinski definition) is 2. The van der Waals surface area contributed by atoms with Gasteiger partial charge in [0, 0.05) is 11.1 Å². The summed E-state index contributed by atoms with van der Waals surface area (Å²) in [5.74, 6) is 3.62. The molecule has 0 aliphatic heterocycles. The van der Waals surface area contributed by atoms with E-state index < -0.39 is 0 Å². The van der Waals surface area contributed by atoms with Crippen LogP contribution in [0.15, 0.2) is 167 Å². The topological polar surface area (TPSA) is 26.3 Å². The molecule has 0 fully saturated rings. The van der Waals surface area contributed by atoms with Crippen LogP contribution in [-0.2, 0) is 23.3 Å². The molecule has 2 radical (unpaired) electrons. The standard InChI is InChI=1S/2C29H25O.2CH3.2ClH.Si.Zr/c2*1-18-12-19(2)14-25(13-18)29-21(4)20(3)15-23-16-24(17-26(23)29)28-11-10-27(30-28)22-8-6-5-7-9-22;;;;;;/h2*5-17H,1-4H3;2*1H3;2*1H;;/q4*-1;;;;. The number of fused-ring (bicyclic) bond motifs is 2. The van der Waals surface area contributed by atoms with E-state index in [0.29, 0.717) is 0 Å². The summed E-state index contributed by atoms with van der Waals surface area (Å²) in [6.07, 6.45) is 0. The molecule has 8 aromatic carbocycles. The molecule has 0 bridgehead atoms. The molecule has 336 valence electrons. The Morgan fingerprint density at radius 2 is 0.697 bits per heavy atom. The second kappa shape index (κ2) is 23.0. The van der Waals surface area contributed by atoms with Crippen molar-refractivity contribution in [1.29, 1.82) is 0 Å². The number of halogens is 2. The van der Waals surface area contributed by atoms with Crippen LogP contribution >= 0.6 is 24.8 Å². The zero-order chi connectivity index (χ0) is 43.7. The number of rotatable bonds is 6. The predicted molar refractivity (Wildman–Crippen MR) is 287 cm³/mol. The molecule has 0 amide bonds. The van der Waals surface area contributed by atoms with Crippen molar-refractivity contribution in [2.45, 2.75) is 55.4 Å². The first-order chi connectivity index (χ1) is 30.0. The molecule has 0 saturated carbocycles. The van der Waals surface area contributed by atoms with Crippen molar-refractivity contribution in [2.75, 3.05) is 0 Å². The van der Waals surface area contributed by atoms with E-state index in [-0.39, 0.29) is 39.7 Å². The third-order valence-electron chi connectivity index (χ3n) is 12.0. The second-order valence-corrected chi connectivity index (χ2v) is 16.7.